The summed E-state index contributed by atoms with van der Waals surface area (Å²) in [6.45, 7) is 2.55. The number of hydrogen-bond donors (Lipinski definition) is 1. The van der Waals surface area contributed by atoms with Crippen molar-refractivity contribution in [2.24, 2.45) is 0 Å². The van der Waals surface area contributed by atoms with Crippen LogP contribution in [0.5, 0.6) is 11.5 Å². The molecule has 2 atom stereocenters. The second-order valence-electron chi connectivity index (χ2n) is 6.59. The molecule has 1 N–H and O–H groups in total. The van der Waals surface area contributed by atoms with Crippen molar-refractivity contribution in [3.8, 4) is 11.5 Å². The van der Waals surface area contributed by atoms with Crippen molar-refractivity contribution in [2.75, 3.05) is 31.7 Å². The molecule has 0 spiro atoms. The minimum absolute atomic E-state index is 0.224. The number of piperidine rings is 1. The Hall–Kier alpha value is -1.75. The molecular weight excluding hydrogens is 336 g/mol. The van der Waals surface area contributed by atoms with Crippen molar-refractivity contribution in [3.63, 3.8) is 0 Å². The number of rotatable bonds is 4. The van der Waals surface area contributed by atoms with Crippen molar-refractivity contribution < 1.29 is 9.47 Å². The average Bonchev–Trinajstić information content (AvgIpc) is 2.77. The van der Waals surface area contributed by atoms with E-state index in [1.807, 2.05) is 24.3 Å². The van der Waals surface area contributed by atoms with E-state index < -0.39 is 0 Å². The summed E-state index contributed by atoms with van der Waals surface area (Å²) in [5, 5.41) is 4.42. The third-order valence-corrected chi connectivity index (χ3v) is 5.27. The van der Waals surface area contributed by atoms with Crippen molar-refractivity contribution in [1.29, 1.82) is 0 Å². The van der Waals surface area contributed by atoms with E-state index in [0.29, 0.717) is 12.6 Å². The molecular formula is C20H23ClN2O2. The molecule has 0 saturated carbocycles. The fourth-order valence-corrected chi connectivity index (χ4v) is 4.11. The first-order chi connectivity index (χ1) is 12.3. The number of nitrogens with zero attached hydrogens (tertiary/aromatic N) is 1. The minimum Gasteiger partial charge on any atom is -0.455 e. The number of nitrogens with one attached hydrogen (secondary N) is 1. The number of benzene rings is 2. The van der Waals surface area contributed by atoms with Gasteiger partial charge in [-0.1, -0.05) is 29.8 Å². The normalized spacial score (nSPS) is 21.6. The van der Waals surface area contributed by atoms with E-state index in [9.17, 15) is 0 Å². The van der Waals surface area contributed by atoms with Gasteiger partial charge in [-0.3, -0.25) is 0 Å². The Balaban J connectivity index is 1.78. The molecule has 0 amide bonds. The van der Waals surface area contributed by atoms with Crippen LogP contribution in [-0.2, 0) is 4.74 Å². The van der Waals surface area contributed by atoms with Crippen LogP contribution in [0.2, 0.25) is 5.02 Å². The quantitative estimate of drug-likeness (QED) is 0.822. The third kappa shape index (κ3) is 3.22. The van der Waals surface area contributed by atoms with Crippen LogP contribution < -0.4 is 15.0 Å². The zero-order valence-corrected chi connectivity index (χ0v) is 15.1. The summed E-state index contributed by atoms with van der Waals surface area (Å²) in [6, 6.07) is 14.8. The first kappa shape index (κ1) is 16.7. The zero-order valence-electron chi connectivity index (χ0n) is 14.4. The van der Waals surface area contributed by atoms with Gasteiger partial charge in [-0.25, -0.2) is 0 Å². The van der Waals surface area contributed by atoms with Crippen LogP contribution in [0.3, 0.4) is 0 Å². The van der Waals surface area contributed by atoms with Gasteiger partial charge in [0.05, 0.1) is 18.3 Å². The van der Waals surface area contributed by atoms with Crippen molar-refractivity contribution in [3.05, 3.63) is 53.1 Å². The molecule has 0 bridgehead atoms. The van der Waals surface area contributed by atoms with Crippen LogP contribution in [0.1, 0.15) is 24.4 Å². The van der Waals surface area contributed by atoms with Gasteiger partial charge >= 0.3 is 0 Å². The van der Waals surface area contributed by atoms with Gasteiger partial charge in [0.1, 0.15) is 5.75 Å². The molecule has 0 radical (unpaired) electrons. The highest BCUT2D eigenvalue weighted by molar-refractivity contribution is 6.31. The molecule has 2 aromatic rings. The van der Waals surface area contributed by atoms with Gasteiger partial charge in [0.2, 0.25) is 0 Å². The summed E-state index contributed by atoms with van der Waals surface area (Å²) < 4.78 is 11.5. The molecule has 2 heterocycles. The second kappa shape index (κ2) is 7.24. The zero-order chi connectivity index (χ0) is 17.2. The number of ether oxygens (including phenoxy) is 2. The maximum absolute atomic E-state index is 6.30. The summed E-state index contributed by atoms with van der Waals surface area (Å²) in [5.74, 6) is 1.80. The van der Waals surface area contributed by atoms with Crippen LogP contribution in [-0.4, -0.2) is 32.8 Å². The van der Waals surface area contributed by atoms with Crippen LogP contribution in [0, 0.1) is 0 Å². The lowest BCUT2D eigenvalue weighted by Gasteiger charge is -2.42. The SMILES string of the molecule is COCCNC1CCCN2c3cc(Cl)ccc3Oc3ccccc3C12. The molecule has 4 nitrogen and oxygen atoms in total. The molecule has 4 rings (SSSR count). The Morgan fingerprint density at radius 1 is 1.24 bits per heavy atom. The van der Waals surface area contributed by atoms with Gasteiger partial charge in [-0.15, -0.1) is 0 Å². The number of para-hydroxylation sites is 1. The molecule has 1 saturated heterocycles. The number of methoxy groups -OCH3 is 1. The van der Waals surface area contributed by atoms with Gasteiger partial charge in [0.25, 0.3) is 0 Å². The average molecular weight is 359 g/mol. The maximum Gasteiger partial charge on any atom is 0.150 e. The molecule has 2 unspecified atom stereocenters. The van der Waals surface area contributed by atoms with Crippen molar-refractivity contribution in [2.45, 2.75) is 24.9 Å². The number of fused-ring (bicyclic) bond motifs is 5. The fraction of sp³-hybridized carbons (Fsp3) is 0.400. The van der Waals surface area contributed by atoms with Gasteiger partial charge in [-0.2, -0.15) is 0 Å². The summed E-state index contributed by atoms with van der Waals surface area (Å²) in [6.07, 6.45) is 2.27. The Morgan fingerprint density at radius 2 is 2.12 bits per heavy atom. The van der Waals surface area contributed by atoms with Crippen molar-refractivity contribution >= 4 is 17.3 Å². The monoisotopic (exact) mass is 358 g/mol. The molecule has 0 aromatic heterocycles. The summed E-state index contributed by atoms with van der Waals surface area (Å²) in [4.78, 5) is 2.45. The highest BCUT2D eigenvalue weighted by Gasteiger charge is 2.37. The number of anilines is 1. The highest BCUT2D eigenvalue weighted by atomic mass is 35.5. The van der Waals surface area contributed by atoms with Gasteiger partial charge in [-0.05, 0) is 37.1 Å². The smallest absolute Gasteiger partial charge is 0.150 e. The second-order valence-corrected chi connectivity index (χ2v) is 7.02. The maximum atomic E-state index is 6.30. The topological polar surface area (TPSA) is 33.7 Å². The van der Waals surface area contributed by atoms with Crippen LogP contribution in [0.15, 0.2) is 42.5 Å². The van der Waals surface area contributed by atoms with Gasteiger partial charge in [0, 0.05) is 36.8 Å². The standard InChI is InChI=1S/C20H23ClN2O2/c1-24-12-10-22-16-6-4-11-23-17-13-14(21)8-9-19(17)25-18-7-3-2-5-15(18)20(16)23/h2-3,5,7-9,13,16,20,22H,4,6,10-12H2,1H3. The van der Waals surface area contributed by atoms with E-state index >= 15 is 0 Å². The Morgan fingerprint density at radius 3 is 3.00 bits per heavy atom. The van der Waals surface area contributed by atoms with Crippen LogP contribution >= 0.6 is 11.6 Å². The van der Waals surface area contributed by atoms with E-state index in [-0.39, 0.29) is 6.04 Å². The molecule has 2 aromatic carbocycles. The fourth-order valence-electron chi connectivity index (χ4n) is 3.95. The number of halogens is 1. The predicted molar refractivity (Wildman–Crippen MR) is 101 cm³/mol. The van der Waals surface area contributed by atoms with Crippen LogP contribution in [0.25, 0.3) is 0 Å². The van der Waals surface area contributed by atoms with E-state index in [1.165, 1.54) is 5.56 Å². The Bertz CT molecular complexity index is 752. The highest BCUT2D eigenvalue weighted by Crippen LogP contribution is 2.48. The molecule has 5 heteroatoms. The van der Waals surface area contributed by atoms with E-state index in [4.69, 9.17) is 21.1 Å². The lowest BCUT2D eigenvalue weighted by atomic mass is 9.89. The molecule has 132 valence electrons. The molecule has 2 aliphatic heterocycles. The first-order valence-electron chi connectivity index (χ1n) is 8.83. The largest absolute Gasteiger partial charge is 0.455 e. The first-order valence-corrected chi connectivity index (χ1v) is 9.21. The molecule has 0 aliphatic carbocycles. The van der Waals surface area contributed by atoms with Crippen LogP contribution in [0.4, 0.5) is 5.69 Å². The molecule has 1 fully saturated rings. The summed E-state index contributed by atoms with van der Waals surface area (Å²) in [7, 11) is 1.74. The van der Waals surface area contributed by atoms with Gasteiger partial charge in [0.15, 0.2) is 5.75 Å². The minimum atomic E-state index is 0.224. The molecule has 25 heavy (non-hydrogen) atoms. The molecule has 2 aliphatic rings. The Kier molecular flexibility index (Phi) is 4.84. The van der Waals surface area contributed by atoms with Gasteiger partial charge < -0.3 is 19.7 Å². The number of hydrogen-bond acceptors (Lipinski definition) is 4. The lowest BCUT2D eigenvalue weighted by molar-refractivity contribution is 0.190. The predicted octanol–water partition coefficient (Wildman–Crippen LogP) is 4.39. The summed E-state index contributed by atoms with van der Waals surface area (Å²) >= 11 is 6.30. The third-order valence-electron chi connectivity index (χ3n) is 5.03. The Labute approximate surface area is 153 Å². The van der Waals surface area contributed by atoms with E-state index in [0.717, 1.165) is 48.1 Å². The van der Waals surface area contributed by atoms with Crippen molar-refractivity contribution in [1.82, 2.24) is 5.32 Å². The summed E-state index contributed by atoms with van der Waals surface area (Å²) in [5.41, 5.74) is 2.30. The lowest BCUT2D eigenvalue weighted by Crippen LogP contribution is -2.49. The van der Waals surface area contributed by atoms with E-state index in [2.05, 4.69) is 28.4 Å². The van der Waals surface area contributed by atoms with E-state index in [1.54, 1.807) is 7.11 Å².